The third kappa shape index (κ3) is 2.60. The van der Waals surface area contributed by atoms with Crippen molar-refractivity contribution in [3.63, 3.8) is 0 Å². The van der Waals surface area contributed by atoms with Gasteiger partial charge in [-0.15, -0.1) is 0 Å². The number of fused-ring (bicyclic) bond motifs is 4. The summed E-state index contributed by atoms with van der Waals surface area (Å²) in [6.45, 7) is 2.63. The van der Waals surface area contributed by atoms with Crippen LogP contribution in [0.4, 0.5) is 0 Å². The van der Waals surface area contributed by atoms with Crippen LogP contribution in [0.15, 0.2) is 18.3 Å². The molecule has 0 amide bonds. The van der Waals surface area contributed by atoms with Crippen LogP contribution in [-0.4, -0.2) is 52.0 Å². The highest BCUT2D eigenvalue weighted by Gasteiger charge is 2.46. The largest absolute Gasteiger partial charge is 0.297 e. The summed E-state index contributed by atoms with van der Waals surface area (Å²) in [5, 5.41) is 0.610. The van der Waals surface area contributed by atoms with E-state index in [1.54, 1.807) is 0 Å². The Hall–Kier alpha value is -0.640. The van der Waals surface area contributed by atoms with Crippen LogP contribution >= 0.6 is 11.6 Å². The van der Waals surface area contributed by atoms with Gasteiger partial charge in [0.15, 0.2) is 0 Å². The molecule has 0 N–H and O–H groups in total. The minimum absolute atomic E-state index is 0.610. The lowest BCUT2D eigenvalue weighted by Crippen LogP contribution is -2.35. The molecule has 4 aliphatic rings. The van der Waals surface area contributed by atoms with E-state index in [-0.39, 0.29) is 0 Å². The first-order valence-corrected chi connectivity index (χ1v) is 10.3. The van der Waals surface area contributed by atoms with Crippen molar-refractivity contribution < 1.29 is 0 Å². The molecule has 3 unspecified atom stereocenters. The van der Waals surface area contributed by atoms with Gasteiger partial charge in [-0.2, -0.15) is 0 Å². The quantitative estimate of drug-likeness (QED) is 0.750. The number of pyridine rings is 1. The molecule has 0 saturated carbocycles. The van der Waals surface area contributed by atoms with Gasteiger partial charge >= 0.3 is 0 Å². The third-order valence-electron chi connectivity index (χ3n) is 7.30. The van der Waals surface area contributed by atoms with Crippen molar-refractivity contribution in [2.24, 2.45) is 0 Å². The van der Waals surface area contributed by atoms with E-state index >= 15 is 0 Å². The molecule has 4 saturated heterocycles. The Kier molecular flexibility index (Phi) is 4.07. The monoisotopic (exact) mass is 345 g/mol. The summed E-state index contributed by atoms with van der Waals surface area (Å²) in [6.07, 6.45) is 13.3. The van der Waals surface area contributed by atoms with Gasteiger partial charge < -0.3 is 0 Å². The SMILES string of the molecule is Clc1ccc(C2CC3CCC2N3CCCN2C3CCC2CC3)cn1. The molecule has 130 valence electrons. The molecule has 24 heavy (non-hydrogen) atoms. The fourth-order valence-corrected chi connectivity index (χ4v) is 6.35. The maximum absolute atomic E-state index is 5.96. The molecule has 0 aromatic carbocycles. The van der Waals surface area contributed by atoms with E-state index in [9.17, 15) is 0 Å². The number of hydrogen-bond acceptors (Lipinski definition) is 3. The van der Waals surface area contributed by atoms with Crippen LogP contribution in [0.3, 0.4) is 0 Å². The second kappa shape index (κ2) is 6.26. The van der Waals surface area contributed by atoms with Crippen molar-refractivity contribution in [3.8, 4) is 0 Å². The summed E-state index contributed by atoms with van der Waals surface area (Å²) >= 11 is 5.96. The molecular formula is C20H28ClN3. The Labute approximate surface area is 150 Å². The standard InChI is InChI=1S/C20H28ClN3/c21-20-9-2-14(13-22-20)18-12-17-7-8-19(18)24(17)11-1-10-23-15-3-4-16(23)6-5-15/h2,9,13,15-19H,1,3-8,10-12H2. The molecule has 3 atom stereocenters. The van der Waals surface area contributed by atoms with Gasteiger partial charge in [0.1, 0.15) is 5.15 Å². The van der Waals surface area contributed by atoms with E-state index in [0.717, 1.165) is 24.2 Å². The molecule has 1 aromatic rings. The summed E-state index contributed by atoms with van der Waals surface area (Å²) in [7, 11) is 0. The van der Waals surface area contributed by atoms with Crippen LogP contribution in [0.5, 0.6) is 0 Å². The first-order valence-electron chi connectivity index (χ1n) is 9.92. The predicted molar refractivity (Wildman–Crippen MR) is 97.5 cm³/mol. The van der Waals surface area contributed by atoms with Gasteiger partial charge in [-0.25, -0.2) is 4.98 Å². The first kappa shape index (κ1) is 15.6. The summed E-state index contributed by atoms with van der Waals surface area (Å²) < 4.78 is 0. The van der Waals surface area contributed by atoms with E-state index < -0.39 is 0 Å². The van der Waals surface area contributed by atoms with Gasteiger partial charge in [0.05, 0.1) is 0 Å². The van der Waals surface area contributed by atoms with Gasteiger partial charge in [0.25, 0.3) is 0 Å². The summed E-state index contributed by atoms with van der Waals surface area (Å²) in [6, 6.07) is 7.56. The lowest BCUT2D eigenvalue weighted by Gasteiger charge is -2.27. The molecule has 0 spiro atoms. The van der Waals surface area contributed by atoms with Crippen LogP contribution in [0, 0.1) is 0 Å². The minimum Gasteiger partial charge on any atom is -0.297 e. The maximum Gasteiger partial charge on any atom is 0.129 e. The van der Waals surface area contributed by atoms with E-state index in [4.69, 9.17) is 11.6 Å². The molecule has 0 radical (unpaired) electrons. The Morgan fingerprint density at radius 1 is 0.917 bits per heavy atom. The van der Waals surface area contributed by atoms with E-state index in [1.807, 2.05) is 12.3 Å². The Bertz CT molecular complexity index is 569. The van der Waals surface area contributed by atoms with Gasteiger partial charge in [-0.3, -0.25) is 9.80 Å². The molecule has 4 bridgehead atoms. The normalized spacial score (nSPS) is 38.5. The second-order valence-electron chi connectivity index (χ2n) is 8.35. The van der Waals surface area contributed by atoms with Crippen LogP contribution in [0.2, 0.25) is 5.15 Å². The predicted octanol–water partition coefficient (Wildman–Crippen LogP) is 4.07. The maximum atomic E-state index is 5.96. The molecule has 0 aliphatic carbocycles. The molecule has 3 nitrogen and oxygen atoms in total. The average molecular weight is 346 g/mol. The smallest absolute Gasteiger partial charge is 0.129 e. The number of aromatic nitrogens is 1. The van der Waals surface area contributed by atoms with Crippen molar-refractivity contribution in [1.29, 1.82) is 0 Å². The van der Waals surface area contributed by atoms with Gasteiger partial charge in [0.2, 0.25) is 0 Å². The minimum atomic E-state index is 0.610. The van der Waals surface area contributed by atoms with Crippen molar-refractivity contribution in [1.82, 2.24) is 14.8 Å². The van der Waals surface area contributed by atoms with Crippen LogP contribution in [-0.2, 0) is 0 Å². The van der Waals surface area contributed by atoms with Crippen LogP contribution in [0.25, 0.3) is 0 Å². The second-order valence-corrected chi connectivity index (χ2v) is 8.73. The number of halogens is 1. The lowest BCUT2D eigenvalue weighted by molar-refractivity contribution is 0.202. The number of nitrogens with zero attached hydrogens (tertiary/aromatic N) is 3. The zero-order chi connectivity index (χ0) is 16.1. The Balaban J connectivity index is 1.19. The van der Waals surface area contributed by atoms with E-state index in [2.05, 4.69) is 20.9 Å². The van der Waals surface area contributed by atoms with E-state index in [0.29, 0.717) is 11.1 Å². The topological polar surface area (TPSA) is 19.4 Å². The number of hydrogen-bond donors (Lipinski definition) is 0. The van der Waals surface area contributed by atoms with Gasteiger partial charge in [-0.05, 0) is 76.1 Å². The van der Waals surface area contributed by atoms with Crippen molar-refractivity contribution >= 4 is 11.6 Å². The molecule has 5 rings (SSSR count). The number of rotatable bonds is 5. The highest BCUT2D eigenvalue weighted by Crippen LogP contribution is 2.46. The lowest BCUT2D eigenvalue weighted by atomic mass is 9.85. The fourth-order valence-electron chi connectivity index (χ4n) is 6.24. The highest BCUT2D eigenvalue weighted by molar-refractivity contribution is 6.29. The zero-order valence-electron chi connectivity index (χ0n) is 14.4. The summed E-state index contributed by atoms with van der Waals surface area (Å²) in [5.74, 6) is 0.677. The third-order valence-corrected chi connectivity index (χ3v) is 7.52. The van der Waals surface area contributed by atoms with Crippen molar-refractivity contribution in [2.45, 2.75) is 81.5 Å². The van der Waals surface area contributed by atoms with Crippen LogP contribution in [0.1, 0.15) is 62.8 Å². The average Bonchev–Trinajstić information content (AvgIpc) is 3.37. The highest BCUT2D eigenvalue weighted by atomic mass is 35.5. The van der Waals surface area contributed by atoms with E-state index in [1.165, 1.54) is 70.0 Å². The van der Waals surface area contributed by atoms with Gasteiger partial charge in [-0.1, -0.05) is 17.7 Å². The Morgan fingerprint density at radius 3 is 2.33 bits per heavy atom. The zero-order valence-corrected chi connectivity index (χ0v) is 15.2. The van der Waals surface area contributed by atoms with Gasteiger partial charge in [0, 0.05) is 36.3 Å². The summed E-state index contributed by atoms with van der Waals surface area (Å²) in [4.78, 5) is 9.97. The molecule has 1 aromatic heterocycles. The van der Waals surface area contributed by atoms with Crippen molar-refractivity contribution in [3.05, 3.63) is 29.0 Å². The van der Waals surface area contributed by atoms with Crippen LogP contribution < -0.4 is 0 Å². The molecule has 5 heterocycles. The van der Waals surface area contributed by atoms with Crippen molar-refractivity contribution in [2.75, 3.05) is 13.1 Å². The molecular weight excluding hydrogens is 318 g/mol. The molecule has 4 aliphatic heterocycles. The summed E-state index contributed by atoms with van der Waals surface area (Å²) in [5.41, 5.74) is 1.40. The molecule has 4 fully saturated rings. The fraction of sp³-hybridized carbons (Fsp3) is 0.750. The molecule has 4 heteroatoms. The first-order chi connectivity index (χ1) is 11.8. The Morgan fingerprint density at radius 2 is 1.62 bits per heavy atom.